The van der Waals surface area contributed by atoms with Gasteiger partial charge in [-0.05, 0) is 19.4 Å². The average molecular weight is 141 g/mol. The van der Waals surface area contributed by atoms with Crippen molar-refractivity contribution in [2.24, 2.45) is 0 Å². The van der Waals surface area contributed by atoms with Gasteiger partial charge >= 0.3 is 0 Å². The second kappa shape index (κ2) is 3.56. The fraction of sp³-hybridized carbons (Fsp3) is 0.714. The Morgan fingerprint density at radius 1 is 1.70 bits per heavy atom. The molecule has 0 bridgehead atoms. The first-order chi connectivity index (χ1) is 4.79. The minimum absolute atomic E-state index is 0.172. The lowest BCUT2D eigenvalue weighted by atomic mass is 10.1. The van der Waals surface area contributed by atoms with E-state index in [9.17, 15) is 4.79 Å². The third-order valence-electron chi connectivity index (χ3n) is 1.66. The second-order valence-corrected chi connectivity index (χ2v) is 2.61. The molecule has 10 heavy (non-hydrogen) atoms. The molecule has 1 unspecified atom stereocenters. The molecule has 0 aromatic carbocycles. The van der Waals surface area contributed by atoms with Gasteiger partial charge in [0.25, 0.3) is 0 Å². The highest BCUT2D eigenvalue weighted by atomic mass is 16.1. The number of carbonyl (C=O) groups is 1. The summed E-state index contributed by atoms with van der Waals surface area (Å²) in [4.78, 5) is 10.5. The Morgan fingerprint density at radius 2 is 2.50 bits per heavy atom. The molecule has 0 aromatic heterocycles. The van der Waals surface area contributed by atoms with Crippen molar-refractivity contribution in [2.75, 3.05) is 13.1 Å². The zero-order valence-corrected chi connectivity index (χ0v) is 6.02. The molecule has 1 amide bonds. The number of hydrogen-bond acceptors (Lipinski definition) is 2. The first-order valence-corrected chi connectivity index (χ1v) is 3.62. The Bertz CT molecular complexity index is 119. The second-order valence-electron chi connectivity index (χ2n) is 2.61. The van der Waals surface area contributed by atoms with Crippen LogP contribution in [0.25, 0.3) is 0 Å². The van der Waals surface area contributed by atoms with E-state index in [1.165, 1.54) is 0 Å². The highest BCUT2D eigenvalue weighted by molar-refractivity contribution is 5.80. The first kappa shape index (κ1) is 7.54. The molecule has 0 aromatic rings. The molecule has 0 aliphatic carbocycles. The molecule has 3 nitrogen and oxygen atoms in total. The van der Waals surface area contributed by atoms with Gasteiger partial charge in [0.1, 0.15) is 0 Å². The minimum atomic E-state index is -0.172. The van der Waals surface area contributed by atoms with Crippen molar-refractivity contribution in [2.45, 2.75) is 18.9 Å². The van der Waals surface area contributed by atoms with Crippen LogP contribution in [0.1, 0.15) is 12.8 Å². The van der Waals surface area contributed by atoms with Crippen molar-refractivity contribution in [3.63, 3.8) is 0 Å². The van der Waals surface area contributed by atoms with Gasteiger partial charge in [0.2, 0.25) is 5.91 Å². The van der Waals surface area contributed by atoms with Crippen LogP contribution in [0, 0.1) is 6.92 Å². The number of amides is 1. The first-order valence-electron chi connectivity index (χ1n) is 3.62. The van der Waals surface area contributed by atoms with Crippen LogP contribution in [0.15, 0.2) is 0 Å². The maximum Gasteiger partial charge on any atom is 0.220 e. The Labute approximate surface area is 61.2 Å². The summed E-state index contributed by atoms with van der Waals surface area (Å²) in [5, 5.41) is 5.97. The molecule has 2 N–H and O–H groups in total. The number of rotatable bonds is 1. The van der Waals surface area contributed by atoms with E-state index in [1.54, 1.807) is 0 Å². The van der Waals surface area contributed by atoms with Gasteiger partial charge in [-0.15, -0.1) is 0 Å². The molecule has 1 fully saturated rings. The largest absolute Gasteiger partial charge is 0.352 e. The zero-order valence-electron chi connectivity index (χ0n) is 6.02. The Kier molecular flexibility index (Phi) is 2.68. The molecule has 1 aliphatic rings. The maximum absolute atomic E-state index is 10.5. The van der Waals surface area contributed by atoms with Gasteiger partial charge in [0.15, 0.2) is 0 Å². The van der Waals surface area contributed by atoms with E-state index >= 15 is 0 Å². The molecular weight excluding hydrogens is 128 g/mol. The monoisotopic (exact) mass is 141 g/mol. The van der Waals surface area contributed by atoms with Gasteiger partial charge in [-0.1, -0.05) is 0 Å². The summed E-state index contributed by atoms with van der Waals surface area (Å²) in [6.45, 7) is 5.22. The Hall–Kier alpha value is -0.570. The molecule has 1 aliphatic heterocycles. The van der Waals surface area contributed by atoms with Gasteiger partial charge in [0, 0.05) is 19.5 Å². The summed E-state index contributed by atoms with van der Waals surface area (Å²) in [6.07, 6.45) is 2.22. The third-order valence-corrected chi connectivity index (χ3v) is 1.66. The summed E-state index contributed by atoms with van der Waals surface area (Å²) in [5.41, 5.74) is 0. The maximum atomic E-state index is 10.5. The van der Waals surface area contributed by atoms with Gasteiger partial charge < -0.3 is 10.6 Å². The molecule has 1 rings (SSSR count). The lowest BCUT2D eigenvalue weighted by Gasteiger charge is -2.22. The van der Waals surface area contributed by atoms with Crippen LogP contribution < -0.4 is 10.6 Å². The summed E-state index contributed by atoms with van der Waals surface area (Å²) in [6, 6.07) is 0.304. The van der Waals surface area contributed by atoms with Crippen LogP contribution in [0.4, 0.5) is 0 Å². The van der Waals surface area contributed by atoms with Crippen molar-refractivity contribution < 1.29 is 4.79 Å². The number of carbonyl (C=O) groups excluding carboxylic acids is 1. The third kappa shape index (κ3) is 2.35. The van der Waals surface area contributed by atoms with Gasteiger partial charge in [0.05, 0.1) is 0 Å². The fourth-order valence-corrected chi connectivity index (χ4v) is 1.20. The Morgan fingerprint density at radius 3 is 3.00 bits per heavy atom. The van der Waals surface area contributed by atoms with Crippen LogP contribution in [0.3, 0.4) is 0 Å². The molecule has 3 heteroatoms. The smallest absolute Gasteiger partial charge is 0.220 e. The lowest BCUT2D eigenvalue weighted by Crippen LogP contribution is -2.44. The Balaban J connectivity index is 2.19. The van der Waals surface area contributed by atoms with Crippen molar-refractivity contribution in [1.29, 1.82) is 0 Å². The van der Waals surface area contributed by atoms with Crippen molar-refractivity contribution >= 4 is 5.91 Å². The van der Waals surface area contributed by atoms with Crippen LogP contribution >= 0.6 is 0 Å². The van der Waals surface area contributed by atoms with Crippen LogP contribution in [0.2, 0.25) is 0 Å². The van der Waals surface area contributed by atoms with E-state index < -0.39 is 0 Å². The summed E-state index contributed by atoms with van der Waals surface area (Å²) in [5.74, 6) is -0.172. The number of piperidine rings is 1. The van der Waals surface area contributed by atoms with E-state index in [1.807, 2.05) is 0 Å². The summed E-state index contributed by atoms with van der Waals surface area (Å²) < 4.78 is 0. The molecule has 1 atom stereocenters. The quantitative estimate of drug-likeness (QED) is 0.526. The molecule has 0 spiro atoms. The molecule has 1 saturated heterocycles. The highest BCUT2D eigenvalue weighted by Gasteiger charge is 2.12. The van der Waals surface area contributed by atoms with E-state index in [4.69, 9.17) is 0 Å². The lowest BCUT2D eigenvalue weighted by molar-refractivity contribution is -0.117. The topological polar surface area (TPSA) is 41.1 Å². The standard InChI is InChI=1S/C7H13N2O/c1-6(10)9-7-3-2-4-8-5-7/h7-8H,1-5H2,(H,9,10). The zero-order chi connectivity index (χ0) is 7.40. The van der Waals surface area contributed by atoms with Crippen LogP contribution in [-0.2, 0) is 4.79 Å². The molecule has 0 saturated carbocycles. The summed E-state index contributed by atoms with van der Waals surface area (Å²) in [7, 11) is 0. The van der Waals surface area contributed by atoms with E-state index in [-0.39, 0.29) is 5.91 Å². The molecule has 57 valence electrons. The SMILES string of the molecule is [CH2]C(=O)NC1CCCNC1. The van der Waals surface area contributed by atoms with E-state index in [2.05, 4.69) is 17.6 Å². The van der Waals surface area contributed by atoms with E-state index in [0.29, 0.717) is 6.04 Å². The van der Waals surface area contributed by atoms with Gasteiger partial charge in [-0.25, -0.2) is 0 Å². The predicted octanol–water partition coefficient (Wildman–Crippen LogP) is -0.311. The summed E-state index contributed by atoms with van der Waals surface area (Å²) >= 11 is 0. The molecule has 1 heterocycles. The number of nitrogens with one attached hydrogen (secondary N) is 2. The van der Waals surface area contributed by atoms with Crippen LogP contribution in [0.5, 0.6) is 0 Å². The highest BCUT2D eigenvalue weighted by Crippen LogP contribution is 1.99. The van der Waals surface area contributed by atoms with Crippen molar-refractivity contribution in [3.8, 4) is 0 Å². The van der Waals surface area contributed by atoms with Crippen molar-refractivity contribution in [1.82, 2.24) is 10.6 Å². The normalized spacial score (nSPS) is 25.9. The van der Waals surface area contributed by atoms with Crippen LogP contribution in [-0.4, -0.2) is 25.0 Å². The minimum Gasteiger partial charge on any atom is -0.352 e. The van der Waals surface area contributed by atoms with Gasteiger partial charge in [-0.3, -0.25) is 4.79 Å². The fourth-order valence-electron chi connectivity index (χ4n) is 1.20. The van der Waals surface area contributed by atoms with Gasteiger partial charge in [-0.2, -0.15) is 0 Å². The molecule has 1 radical (unpaired) electrons. The van der Waals surface area contributed by atoms with E-state index in [0.717, 1.165) is 25.9 Å². The number of hydrogen-bond donors (Lipinski definition) is 2. The average Bonchev–Trinajstić information content (AvgIpc) is 1.88. The van der Waals surface area contributed by atoms with Crippen molar-refractivity contribution in [3.05, 3.63) is 6.92 Å². The molecular formula is C7H13N2O. The predicted molar refractivity (Wildman–Crippen MR) is 39.4 cm³/mol.